The van der Waals surface area contributed by atoms with Crippen LogP contribution in [0.3, 0.4) is 0 Å². The van der Waals surface area contributed by atoms with Gasteiger partial charge in [-0.25, -0.2) is 4.79 Å². The first-order chi connectivity index (χ1) is 12.5. The molecular formula is C21H27NO4. The summed E-state index contributed by atoms with van der Waals surface area (Å²) in [7, 11) is 0. The van der Waals surface area contributed by atoms with Crippen LogP contribution in [0, 0.1) is 37.5 Å². The highest BCUT2D eigenvalue weighted by Gasteiger charge is 2.47. The Kier molecular flexibility index (Phi) is 4.63. The zero-order chi connectivity index (χ0) is 18.4. The Morgan fingerprint density at radius 3 is 2.35 bits per heavy atom. The van der Waals surface area contributed by atoms with Crippen LogP contribution in [0.2, 0.25) is 0 Å². The number of aliphatic hydroxyl groups is 2. The highest BCUT2D eigenvalue weighted by Crippen LogP contribution is 2.46. The van der Waals surface area contributed by atoms with Crippen LogP contribution in [0.25, 0.3) is 11.0 Å². The van der Waals surface area contributed by atoms with E-state index in [4.69, 9.17) is 4.42 Å². The number of rotatable bonds is 4. The van der Waals surface area contributed by atoms with Crippen molar-refractivity contribution in [3.05, 3.63) is 45.3 Å². The smallest absolute Gasteiger partial charge is 0.336 e. The van der Waals surface area contributed by atoms with Gasteiger partial charge in [0.15, 0.2) is 0 Å². The van der Waals surface area contributed by atoms with Crippen molar-refractivity contribution in [2.24, 2.45) is 23.7 Å². The minimum Gasteiger partial charge on any atom is -0.422 e. The molecule has 1 saturated heterocycles. The largest absolute Gasteiger partial charge is 0.422 e. The van der Waals surface area contributed by atoms with Crippen molar-refractivity contribution >= 4 is 11.0 Å². The van der Waals surface area contributed by atoms with Crippen LogP contribution < -0.4 is 5.63 Å². The fraction of sp³-hybridized carbons (Fsp3) is 0.571. The molecule has 0 unspecified atom stereocenters. The molecule has 2 heterocycles. The Hall–Kier alpha value is -1.69. The molecular weight excluding hydrogens is 330 g/mol. The first-order valence-corrected chi connectivity index (χ1v) is 9.48. The molecule has 1 aliphatic heterocycles. The molecule has 4 atom stereocenters. The molecule has 0 amide bonds. The molecule has 0 radical (unpaired) electrons. The highest BCUT2D eigenvalue weighted by atomic mass is 16.4. The fourth-order valence-corrected chi connectivity index (χ4v) is 5.28. The number of nitrogens with zero attached hydrogens (tertiary/aromatic N) is 1. The minimum absolute atomic E-state index is 0.196. The molecule has 1 aliphatic carbocycles. The van der Waals surface area contributed by atoms with E-state index in [9.17, 15) is 15.0 Å². The lowest BCUT2D eigenvalue weighted by atomic mass is 9.91. The lowest BCUT2D eigenvalue weighted by Gasteiger charge is -2.21. The second kappa shape index (κ2) is 6.80. The van der Waals surface area contributed by atoms with Gasteiger partial charge in [0.2, 0.25) is 0 Å². The summed E-state index contributed by atoms with van der Waals surface area (Å²) >= 11 is 0. The first kappa shape index (κ1) is 17.7. The Bertz CT molecular complexity index is 856. The Balaban J connectivity index is 1.64. The van der Waals surface area contributed by atoms with E-state index in [1.807, 2.05) is 13.0 Å². The van der Waals surface area contributed by atoms with Crippen molar-refractivity contribution in [1.82, 2.24) is 4.90 Å². The number of hydrogen-bond acceptors (Lipinski definition) is 5. The topological polar surface area (TPSA) is 73.9 Å². The second-order valence-electron chi connectivity index (χ2n) is 8.19. The van der Waals surface area contributed by atoms with Crippen molar-refractivity contribution in [1.29, 1.82) is 0 Å². The van der Waals surface area contributed by atoms with Crippen LogP contribution in [0.15, 0.2) is 27.4 Å². The van der Waals surface area contributed by atoms with Crippen LogP contribution >= 0.6 is 0 Å². The maximum atomic E-state index is 12.1. The summed E-state index contributed by atoms with van der Waals surface area (Å²) in [5.74, 6) is 1.44. The zero-order valence-electron chi connectivity index (χ0n) is 15.4. The summed E-state index contributed by atoms with van der Waals surface area (Å²) in [6.45, 7) is 6.95. The highest BCUT2D eigenvalue weighted by molar-refractivity contribution is 5.83. The SMILES string of the molecule is Cc1cc(C)c2oc(=O)cc(CN3C[C@@H]4[C@H](CO)C[C@H](CO)[C@@H]4C3)c2c1. The van der Waals surface area contributed by atoms with Gasteiger partial charge in [0, 0.05) is 44.3 Å². The molecule has 2 aliphatic rings. The van der Waals surface area contributed by atoms with Crippen LogP contribution in [0.1, 0.15) is 23.1 Å². The monoisotopic (exact) mass is 357 g/mol. The standard InChI is InChI=1S/C21H27NO4/c1-12-3-13(2)21-17(4-12)14(6-20(25)26-21)7-22-8-18-15(10-23)5-16(11-24)19(18)9-22/h3-4,6,15-16,18-19,23-24H,5,7-11H2,1-2H3/t15-,16+,18+,19-. The van der Waals surface area contributed by atoms with Crippen LogP contribution in [0.4, 0.5) is 0 Å². The summed E-state index contributed by atoms with van der Waals surface area (Å²) in [5, 5.41) is 20.4. The number of aliphatic hydroxyl groups excluding tert-OH is 2. The summed E-state index contributed by atoms with van der Waals surface area (Å²) in [6, 6.07) is 5.74. The second-order valence-corrected chi connectivity index (χ2v) is 8.19. The van der Waals surface area contributed by atoms with Crippen molar-refractivity contribution in [3.8, 4) is 0 Å². The van der Waals surface area contributed by atoms with E-state index < -0.39 is 0 Å². The van der Waals surface area contributed by atoms with E-state index in [2.05, 4.69) is 17.9 Å². The fourth-order valence-electron chi connectivity index (χ4n) is 5.28. The van der Waals surface area contributed by atoms with Gasteiger partial charge in [-0.2, -0.15) is 0 Å². The normalized spacial score (nSPS) is 28.8. The Morgan fingerprint density at radius 1 is 1.08 bits per heavy atom. The maximum absolute atomic E-state index is 12.1. The van der Waals surface area contributed by atoms with Gasteiger partial charge in [0.05, 0.1) is 0 Å². The van der Waals surface area contributed by atoms with Crippen LogP contribution in [-0.2, 0) is 6.54 Å². The summed E-state index contributed by atoms with van der Waals surface area (Å²) in [4.78, 5) is 14.4. The van der Waals surface area contributed by atoms with Crippen molar-refractivity contribution < 1.29 is 14.6 Å². The van der Waals surface area contributed by atoms with Gasteiger partial charge in [-0.05, 0) is 66.7 Å². The van der Waals surface area contributed by atoms with Crippen molar-refractivity contribution in [3.63, 3.8) is 0 Å². The van der Waals surface area contributed by atoms with Crippen molar-refractivity contribution in [2.75, 3.05) is 26.3 Å². The van der Waals surface area contributed by atoms with Crippen molar-refractivity contribution in [2.45, 2.75) is 26.8 Å². The molecule has 2 fully saturated rings. The van der Waals surface area contributed by atoms with E-state index in [1.165, 1.54) is 0 Å². The third-order valence-corrected chi connectivity index (χ3v) is 6.43. The third kappa shape index (κ3) is 2.98. The number of hydrogen-bond donors (Lipinski definition) is 2. The van der Waals surface area contributed by atoms with Gasteiger partial charge in [-0.3, -0.25) is 4.90 Å². The lowest BCUT2D eigenvalue weighted by Crippen LogP contribution is -2.25. The van der Waals surface area contributed by atoms with Gasteiger partial charge < -0.3 is 14.6 Å². The predicted molar refractivity (Wildman–Crippen MR) is 100.0 cm³/mol. The number of fused-ring (bicyclic) bond motifs is 2. The van der Waals surface area contributed by atoms with E-state index in [0.29, 0.717) is 24.0 Å². The van der Waals surface area contributed by atoms with Gasteiger partial charge in [-0.15, -0.1) is 0 Å². The van der Waals surface area contributed by atoms with Gasteiger partial charge in [0.1, 0.15) is 5.58 Å². The molecule has 0 spiro atoms. The predicted octanol–water partition coefficient (Wildman–Crippen LogP) is 2.08. The van der Waals surface area contributed by atoms with Gasteiger partial charge in [-0.1, -0.05) is 6.07 Å². The Labute approximate surface area is 153 Å². The minimum atomic E-state index is -0.305. The first-order valence-electron chi connectivity index (χ1n) is 9.48. The van der Waals surface area contributed by atoms with Crippen LogP contribution in [-0.4, -0.2) is 41.4 Å². The molecule has 2 N–H and O–H groups in total. The molecule has 140 valence electrons. The summed E-state index contributed by atoms with van der Waals surface area (Å²) in [6.07, 6.45) is 0.923. The average molecular weight is 357 g/mol. The molecule has 0 bridgehead atoms. The van der Waals surface area contributed by atoms with E-state index in [0.717, 1.165) is 41.6 Å². The molecule has 4 rings (SSSR count). The van der Waals surface area contributed by atoms with E-state index >= 15 is 0 Å². The number of benzene rings is 1. The molecule has 1 saturated carbocycles. The molecule has 5 nitrogen and oxygen atoms in total. The van der Waals surface area contributed by atoms with Gasteiger partial charge in [0.25, 0.3) is 0 Å². The molecule has 26 heavy (non-hydrogen) atoms. The molecule has 1 aromatic heterocycles. The number of likely N-dealkylation sites (tertiary alicyclic amines) is 1. The Morgan fingerprint density at radius 2 is 1.73 bits per heavy atom. The summed E-state index contributed by atoms with van der Waals surface area (Å²) in [5.41, 5.74) is 3.52. The molecule has 1 aromatic carbocycles. The number of aryl methyl sites for hydroxylation is 2. The zero-order valence-corrected chi connectivity index (χ0v) is 15.4. The molecule has 5 heteroatoms. The quantitative estimate of drug-likeness (QED) is 0.820. The van der Waals surface area contributed by atoms with E-state index in [1.54, 1.807) is 6.07 Å². The average Bonchev–Trinajstić information content (AvgIpc) is 3.14. The maximum Gasteiger partial charge on any atom is 0.336 e. The third-order valence-electron chi connectivity index (χ3n) is 6.43. The summed E-state index contributed by atoms with van der Waals surface area (Å²) < 4.78 is 5.46. The lowest BCUT2D eigenvalue weighted by molar-refractivity contribution is 0.167. The van der Waals surface area contributed by atoms with Crippen LogP contribution in [0.5, 0.6) is 0 Å². The van der Waals surface area contributed by atoms with Gasteiger partial charge >= 0.3 is 5.63 Å². The molecule has 2 aromatic rings. The van der Waals surface area contributed by atoms with E-state index in [-0.39, 0.29) is 30.7 Å².